The van der Waals surface area contributed by atoms with E-state index in [0.29, 0.717) is 99.1 Å². The molecule has 21 atom stereocenters. The summed E-state index contributed by atoms with van der Waals surface area (Å²) < 4.78 is 34.3. The van der Waals surface area contributed by atoms with Gasteiger partial charge >= 0.3 is 35.8 Å². The Labute approximate surface area is 848 Å². The lowest BCUT2D eigenvalue weighted by Crippen LogP contribution is -2.42. The fourth-order valence-corrected chi connectivity index (χ4v) is 25.3. The highest BCUT2D eigenvalue weighted by molar-refractivity contribution is 7.80. The summed E-state index contributed by atoms with van der Waals surface area (Å²) in [5.41, 5.74) is 6.91. The van der Waals surface area contributed by atoms with Crippen LogP contribution in [0.15, 0.2) is 54.6 Å². The van der Waals surface area contributed by atoms with Crippen LogP contribution in [0.25, 0.3) is 0 Å². The second-order valence-electron chi connectivity index (χ2n) is 42.5. The number of hydrogen-bond acceptors (Lipinski definition) is 21. The normalized spacial score (nSPS) is 25.8. The number of hydrogen-bond donors (Lipinski definition) is 11. The van der Waals surface area contributed by atoms with Crippen LogP contribution in [0.4, 0.5) is 0 Å². The molecule has 0 bridgehead atoms. The van der Waals surface area contributed by atoms with Crippen LogP contribution in [0.5, 0.6) is 17.2 Å². The number of thiol groups is 2. The molecule has 0 heterocycles. The first kappa shape index (κ1) is 117. The number of benzene rings is 3. The summed E-state index contributed by atoms with van der Waals surface area (Å²) in [6, 6.07) is 17.7. The lowest BCUT2D eigenvalue weighted by Gasteiger charge is -2.33. The summed E-state index contributed by atoms with van der Waals surface area (Å²) in [4.78, 5) is 111. The summed E-state index contributed by atoms with van der Waals surface area (Å²) >= 11 is 8.53. The van der Waals surface area contributed by atoms with E-state index in [1.165, 1.54) is 67.9 Å². The maximum atomic E-state index is 13.9. The molecule has 9 aliphatic rings. The van der Waals surface area contributed by atoms with Gasteiger partial charge in [-0.15, -0.1) is 0 Å². The summed E-state index contributed by atoms with van der Waals surface area (Å²) in [7, 11) is 1.36. The van der Waals surface area contributed by atoms with E-state index in [4.69, 9.17) is 28.8 Å². The number of Topliss-reactive ketones (excluding diaryl/α,β-unsaturated/α-hetero) is 1. The van der Waals surface area contributed by atoms with Gasteiger partial charge in [0.25, 0.3) is 0 Å². The van der Waals surface area contributed by atoms with E-state index in [-0.39, 0.29) is 133 Å². The molecule has 788 valence electrons. The molecule has 9 N–H and O–H groups in total. The Kier molecular flexibility index (Phi) is 53.4. The molecule has 0 radical (unpaired) electrons. The largest absolute Gasteiger partial charge is 0.482 e. The van der Waals surface area contributed by atoms with Gasteiger partial charge in [-0.05, 0) is 309 Å². The molecule has 0 aliphatic heterocycles. The summed E-state index contributed by atoms with van der Waals surface area (Å²) in [6.45, 7) is 9.16. The molecule has 12 rings (SSSR count). The van der Waals surface area contributed by atoms with Gasteiger partial charge in [0.15, 0.2) is 19.8 Å². The number of aliphatic carboxylic acids is 3. The second-order valence-corrected chi connectivity index (χ2v) is 43.4. The Morgan fingerprint density at radius 1 is 0.400 bits per heavy atom. The second kappa shape index (κ2) is 64.1. The zero-order chi connectivity index (χ0) is 101. The van der Waals surface area contributed by atoms with Crippen molar-refractivity contribution in [3.63, 3.8) is 0 Å². The highest BCUT2D eigenvalue weighted by atomic mass is 32.1. The minimum absolute atomic E-state index is 0.00686. The lowest BCUT2D eigenvalue weighted by molar-refractivity contribution is -0.162. The van der Waals surface area contributed by atoms with Crippen molar-refractivity contribution >= 4 is 78.7 Å². The van der Waals surface area contributed by atoms with Crippen molar-refractivity contribution in [2.75, 3.05) is 51.5 Å². The molecule has 3 aromatic carbocycles. The van der Waals surface area contributed by atoms with Gasteiger partial charge in [-0.2, -0.15) is 25.3 Å². The zero-order valence-corrected chi connectivity index (χ0v) is 87.4. The lowest BCUT2D eigenvalue weighted by atomic mass is 9.73. The standard InChI is InChI=1S/2C37H57NO7S.C24H36O5.C16H28O3/c1-2-3-6-13-27(45-37(43)30-15-8-7-14-29(30)36(42)38-19-9-4-5-10-20-46)17-18-28-31-21-25-12-11-16-34(44-24-35(40)41)32(25)22-26(31)23-33(28)39;1-2-3-6-13-27(39)17-18-28-31-21-25-12-11-16-33(44-24-35(40)41)32(25)22-26(31)23-34(28)45-37(43)30-15-8-7-14-29(30)36(42)38-19-9-4-5-10-20-46;1-3-4-5-8-18(25)10-11-19-20-12-16-7-6-9-23(29-15-24(27)28-2)21(16)13-17(20)14-22(19)26;1-2-3-4-5-6-7-12-15(17)13-10-8-9-11-14(13)16(18)19/h11-12,16,26-31,33,39,46H,2-10,13-15,17-24H2,1H3,(H,38,42)(H,40,41);11-12,16,26-31,34,39,46H,2-10,13-15,17-24H2,1H3,(H,38,42)(H,40,41);6-7,9,17-20,22,25-26H,3-5,8,10-15H2,1-2H3;13-14H,2-12H2,1H3,(H,18,19)/t26-,27-,28+,29?,30?,31-,33+;26-,27-,28+,29?,30?,31-,34+;17-,18-,19+,20-,22+;/m000./s1. The topological polar surface area (TPSA) is 375 Å². The molecule has 2 amide bonds. The number of amides is 2. The van der Waals surface area contributed by atoms with Gasteiger partial charge in [-0.3, -0.25) is 28.8 Å². The van der Waals surface area contributed by atoms with Crippen LogP contribution >= 0.6 is 25.3 Å². The molecule has 26 heteroatoms. The molecule has 0 saturated heterocycles. The van der Waals surface area contributed by atoms with Crippen LogP contribution < -0.4 is 24.8 Å². The number of unbranched alkanes of at least 4 members (excludes halogenated alkanes) is 17. The third-order valence-electron chi connectivity index (χ3n) is 32.6. The summed E-state index contributed by atoms with van der Waals surface area (Å²) in [5.74, 6) is 0.848. The van der Waals surface area contributed by atoms with Crippen molar-refractivity contribution in [2.24, 2.45) is 88.8 Å². The number of methoxy groups -OCH3 is 1. The Bertz CT molecular complexity index is 4200. The van der Waals surface area contributed by atoms with E-state index in [1.807, 2.05) is 36.4 Å². The number of carbonyl (C=O) groups excluding carboxylic acids is 6. The highest BCUT2D eigenvalue weighted by Gasteiger charge is 2.51. The third-order valence-corrected chi connectivity index (χ3v) is 33.2. The Morgan fingerprint density at radius 3 is 1.23 bits per heavy atom. The number of aliphatic hydroxyl groups is 4. The molecule has 6 fully saturated rings. The van der Waals surface area contributed by atoms with Gasteiger partial charge in [0.1, 0.15) is 35.2 Å². The minimum atomic E-state index is -1.00. The fourth-order valence-electron chi connectivity index (χ4n) is 24.9. The van der Waals surface area contributed by atoms with Gasteiger partial charge in [0.2, 0.25) is 11.8 Å². The number of nitrogens with one attached hydrogen (secondary N) is 2. The summed E-state index contributed by atoms with van der Waals surface area (Å²) in [5, 5.41) is 76.7. The van der Waals surface area contributed by atoms with Gasteiger partial charge in [0, 0.05) is 25.4 Å². The first-order valence-corrected chi connectivity index (χ1v) is 56.5. The predicted octanol–water partition coefficient (Wildman–Crippen LogP) is 21.0. The third kappa shape index (κ3) is 37.5. The molecular weight excluding hydrogens is 1810 g/mol. The van der Waals surface area contributed by atoms with E-state index < -0.39 is 35.8 Å². The number of aliphatic hydroxyl groups excluding tert-OH is 4. The molecular formula is C114H178N2O22S2. The van der Waals surface area contributed by atoms with Crippen LogP contribution in [-0.2, 0) is 95.9 Å². The monoisotopic (exact) mass is 1990 g/mol. The van der Waals surface area contributed by atoms with E-state index >= 15 is 0 Å². The quantitative estimate of drug-likeness (QED) is 0.0108. The Balaban J connectivity index is 0.000000219. The fraction of sp³-hybridized carbons (Fsp3) is 0.763. The van der Waals surface area contributed by atoms with Crippen molar-refractivity contribution in [3.8, 4) is 17.2 Å². The molecule has 6 saturated carbocycles. The maximum Gasteiger partial charge on any atom is 0.343 e. The van der Waals surface area contributed by atoms with Crippen molar-refractivity contribution in [2.45, 2.75) is 411 Å². The van der Waals surface area contributed by atoms with E-state index in [0.717, 1.165) is 292 Å². The molecule has 0 aromatic heterocycles. The highest BCUT2D eigenvalue weighted by Crippen LogP contribution is 2.53. The number of fused-ring (bicyclic) bond motifs is 6. The Morgan fingerprint density at radius 2 is 0.779 bits per heavy atom. The SMILES string of the molecule is CCCCCCCCC(=O)C1CCCCC1C(=O)O.CCCCC[C@@H](CC[C@@H]1[C@H]2Cc3cccc(OCC(=O)O)c3C[C@H]2C[C@H]1O)OC(=O)C1CCCCC1C(=O)NCCCCCCS.CCCCC[C@H](O)CC[C@@H]1[C@H]2Cc3cccc(OCC(=O)O)c3C[C@H]2C[C@H]1OC(=O)C1CCCCC1C(=O)NCCCCCCS.CCCCC[C@H](O)CC[C@@H]1[C@H]2Cc3cccc(OCC(=O)OC)c3C[C@H]2C[C@H]1O. The van der Waals surface area contributed by atoms with Crippen LogP contribution in [0.2, 0.25) is 0 Å². The molecule has 140 heavy (non-hydrogen) atoms. The molecule has 9 aliphatic carbocycles. The minimum Gasteiger partial charge on any atom is -0.482 e. The number of carboxylic acid groups (broad SMARTS) is 3. The van der Waals surface area contributed by atoms with Crippen LogP contribution in [0, 0.1) is 88.8 Å². The molecule has 24 nitrogen and oxygen atoms in total. The number of carboxylic acids is 3. The smallest absolute Gasteiger partial charge is 0.343 e. The van der Waals surface area contributed by atoms with Gasteiger partial charge < -0.3 is 74.8 Å². The average Bonchev–Trinajstić information content (AvgIpc) is 1.61. The number of esters is 3. The maximum absolute atomic E-state index is 13.9. The van der Waals surface area contributed by atoms with Crippen molar-refractivity contribution < 1.29 is 107 Å². The first-order valence-electron chi connectivity index (χ1n) is 55.2. The summed E-state index contributed by atoms with van der Waals surface area (Å²) in [6.07, 6.45) is 48.4. The molecule has 0 spiro atoms. The van der Waals surface area contributed by atoms with Gasteiger partial charge in [-0.25, -0.2) is 14.4 Å². The number of ether oxygens (including phenoxy) is 6. The van der Waals surface area contributed by atoms with Gasteiger partial charge in [-0.1, -0.05) is 212 Å². The predicted molar refractivity (Wildman–Crippen MR) is 552 cm³/mol. The number of rotatable bonds is 57. The number of ketones is 1. The van der Waals surface area contributed by atoms with Crippen LogP contribution in [-0.4, -0.2) is 177 Å². The number of carbonyl (C=O) groups is 9. The van der Waals surface area contributed by atoms with Crippen LogP contribution in [0.3, 0.4) is 0 Å². The molecule has 6 unspecified atom stereocenters. The van der Waals surface area contributed by atoms with Crippen molar-refractivity contribution in [1.82, 2.24) is 10.6 Å². The van der Waals surface area contributed by atoms with E-state index in [1.54, 1.807) is 0 Å². The van der Waals surface area contributed by atoms with Gasteiger partial charge in [0.05, 0.1) is 61.1 Å². The van der Waals surface area contributed by atoms with Crippen molar-refractivity contribution in [1.29, 1.82) is 0 Å². The zero-order valence-electron chi connectivity index (χ0n) is 85.6. The Hall–Kier alpha value is -6.97. The first-order chi connectivity index (χ1) is 67.8. The molecule has 3 aromatic rings. The average molecular weight is 1990 g/mol. The van der Waals surface area contributed by atoms with E-state index in [9.17, 15) is 73.8 Å². The van der Waals surface area contributed by atoms with E-state index in [2.05, 4.69) is 86.5 Å². The van der Waals surface area contributed by atoms with Crippen LogP contribution in [0.1, 0.15) is 369 Å². The van der Waals surface area contributed by atoms with Crippen molar-refractivity contribution in [3.05, 3.63) is 88.0 Å².